The second-order valence-corrected chi connectivity index (χ2v) is 5.86. The molecule has 10 heteroatoms. The molecule has 2 rings (SSSR count). The molecule has 1 aliphatic heterocycles. The van der Waals surface area contributed by atoms with E-state index >= 15 is 0 Å². The number of halogens is 2. The van der Waals surface area contributed by atoms with Gasteiger partial charge >= 0.3 is 6.09 Å². The van der Waals surface area contributed by atoms with Crippen molar-refractivity contribution in [3.63, 3.8) is 0 Å². The third-order valence-electron chi connectivity index (χ3n) is 3.57. The average Bonchev–Trinajstić information content (AvgIpc) is 2.81. The summed E-state index contributed by atoms with van der Waals surface area (Å²) in [6.45, 7) is 0.501. The molecule has 0 spiro atoms. The fraction of sp³-hybridized carbons (Fsp3) is 0.400. The van der Waals surface area contributed by atoms with Crippen molar-refractivity contribution >= 4 is 30.0 Å². The van der Waals surface area contributed by atoms with Crippen molar-refractivity contribution in [1.29, 1.82) is 0 Å². The Morgan fingerprint density at radius 1 is 1.48 bits per heavy atom. The minimum atomic E-state index is -2.26. The summed E-state index contributed by atoms with van der Waals surface area (Å²) in [6, 6.07) is 3.77. The first kappa shape index (κ1) is 18.9. The molecular weight excluding hydrogens is 357 g/mol. The van der Waals surface area contributed by atoms with Gasteiger partial charge in [-0.15, -0.1) is 0 Å². The lowest BCUT2D eigenvalue weighted by atomic mass is 10.2. The zero-order valence-corrected chi connectivity index (χ0v) is 13.9. The van der Waals surface area contributed by atoms with Crippen LogP contribution in [0, 0.1) is 5.82 Å². The number of ether oxygens (including phenoxy) is 1. The Balaban J connectivity index is 1.87. The van der Waals surface area contributed by atoms with Gasteiger partial charge in [-0.3, -0.25) is 9.59 Å². The first-order valence-corrected chi connectivity index (χ1v) is 7.82. The van der Waals surface area contributed by atoms with Gasteiger partial charge in [-0.2, -0.15) is 0 Å². The van der Waals surface area contributed by atoms with Crippen molar-refractivity contribution in [2.75, 3.05) is 19.6 Å². The smallest absolute Gasteiger partial charge is 0.407 e. The second-order valence-electron chi connectivity index (χ2n) is 5.42. The molecule has 3 N–H and O–H groups in total. The van der Waals surface area contributed by atoms with Crippen molar-refractivity contribution in [1.82, 2.24) is 15.5 Å². The number of carbonyl (C=O) groups excluding carboxylic acids is 3. The van der Waals surface area contributed by atoms with Crippen LogP contribution in [0.5, 0.6) is 0 Å². The highest BCUT2D eigenvalue weighted by atomic mass is 35.5. The highest BCUT2D eigenvalue weighted by Gasteiger charge is 2.48. The van der Waals surface area contributed by atoms with Crippen LogP contribution < -0.4 is 10.6 Å². The van der Waals surface area contributed by atoms with Crippen molar-refractivity contribution in [3.8, 4) is 0 Å². The van der Waals surface area contributed by atoms with Crippen LogP contribution in [0.2, 0.25) is 5.02 Å². The number of nitrogens with zero attached hydrogens (tertiary/aromatic N) is 1. The van der Waals surface area contributed by atoms with Gasteiger partial charge in [0.25, 0.3) is 11.7 Å². The van der Waals surface area contributed by atoms with E-state index < -0.39 is 23.6 Å². The third kappa shape index (κ3) is 5.04. The minimum Gasteiger partial charge on any atom is -0.407 e. The maximum atomic E-state index is 13.2. The van der Waals surface area contributed by atoms with E-state index in [1.54, 1.807) is 0 Å². The molecule has 1 atom stereocenters. The van der Waals surface area contributed by atoms with Gasteiger partial charge in [-0.25, -0.2) is 9.18 Å². The van der Waals surface area contributed by atoms with Gasteiger partial charge in [0.05, 0.1) is 0 Å². The first-order valence-electron chi connectivity index (χ1n) is 7.44. The molecule has 0 saturated carbocycles. The number of alkyl carbamates (subject to hydrolysis) is 1. The van der Waals surface area contributed by atoms with Crippen LogP contribution in [0.1, 0.15) is 12.0 Å². The van der Waals surface area contributed by atoms with Gasteiger partial charge in [-0.05, 0) is 23.8 Å². The van der Waals surface area contributed by atoms with Crippen LogP contribution in [-0.2, 0) is 20.9 Å². The molecule has 1 aliphatic rings. The van der Waals surface area contributed by atoms with Crippen LogP contribution in [0.25, 0.3) is 0 Å². The van der Waals surface area contributed by atoms with Crippen LogP contribution in [0.3, 0.4) is 0 Å². The van der Waals surface area contributed by atoms with E-state index in [9.17, 15) is 23.9 Å². The molecule has 8 nitrogen and oxygen atoms in total. The number of benzene rings is 1. The summed E-state index contributed by atoms with van der Waals surface area (Å²) in [5.41, 5.74) is 0.397. The Bertz CT molecular complexity index is 654. The molecule has 1 aromatic rings. The van der Waals surface area contributed by atoms with Crippen LogP contribution in [0.15, 0.2) is 18.2 Å². The van der Waals surface area contributed by atoms with E-state index in [-0.39, 0.29) is 37.6 Å². The number of nitrogens with one attached hydrogen (secondary N) is 2. The standard InChI is InChI=1S/C15H17ClFN3O5/c16-11-5-10(6-12(17)7-11)8-19-14(23)25-15(24)1-3-20(13(15)22)4-2-18-9-21/h5-7,9,24H,1-4,8H2,(H,18,21)(H,19,23)/t15-/m0/s1. The van der Waals surface area contributed by atoms with E-state index in [4.69, 9.17) is 16.3 Å². The average molecular weight is 374 g/mol. The Labute approximate surface area is 147 Å². The summed E-state index contributed by atoms with van der Waals surface area (Å²) < 4.78 is 18.0. The maximum absolute atomic E-state index is 13.2. The molecule has 0 bridgehead atoms. The molecule has 1 heterocycles. The predicted octanol–water partition coefficient (Wildman–Crippen LogP) is 0.372. The van der Waals surface area contributed by atoms with Crippen LogP contribution in [0.4, 0.5) is 9.18 Å². The Hall–Kier alpha value is -2.39. The lowest BCUT2D eigenvalue weighted by Crippen LogP contribution is -2.46. The molecule has 1 saturated heterocycles. The number of amides is 3. The number of likely N-dealkylation sites (tertiary alicyclic amines) is 1. The summed E-state index contributed by atoms with van der Waals surface area (Å²) in [6.07, 6.45) is -0.620. The zero-order valence-electron chi connectivity index (χ0n) is 13.1. The quantitative estimate of drug-likeness (QED) is 0.363. The van der Waals surface area contributed by atoms with E-state index in [2.05, 4.69) is 10.6 Å². The van der Waals surface area contributed by atoms with Crippen molar-refractivity contribution < 1.29 is 28.6 Å². The number of hydrogen-bond acceptors (Lipinski definition) is 5. The fourth-order valence-electron chi connectivity index (χ4n) is 2.39. The van der Waals surface area contributed by atoms with Crippen molar-refractivity contribution in [2.45, 2.75) is 18.8 Å². The van der Waals surface area contributed by atoms with Gasteiger partial charge < -0.3 is 25.4 Å². The molecule has 0 radical (unpaired) electrons. The molecule has 0 unspecified atom stereocenters. The number of hydrogen-bond donors (Lipinski definition) is 3. The van der Waals surface area contributed by atoms with Gasteiger partial charge in [0.15, 0.2) is 0 Å². The molecule has 0 aromatic heterocycles. The molecule has 136 valence electrons. The lowest BCUT2D eigenvalue weighted by molar-refractivity contribution is -0.182. The largest absolute Gasteiger partial charge is 0.410 e. The zero-order chi connectivity index (χ0) is 18.4. The Morgan fingerprint density at radius 3 is 2.92 bits per heavy atom. The summed E-state index contributed by atoms with van der Waals surface area (Å²) in [5.74, 6) is -3.57. The molecule has 1 aromatic carbocycles. The number of aliphatic hydroxyl groups is 1. The van der Waals surface area contributed by atoms with E-state index in [0.717, 1.165) is 6.07 Å². The summed E-state index contributed by atoms with van der Waals surface area (Å²) >= 11 is 5.71. The normalized spacial score (nSPS) is 19.6. The third-order valence-corrected chi connectivity index (χ3v) is 3.79. The Morgan fingerprint density at radius 2 is 2.24 bits per heavy atom. The topological polar surface area (TPSA) is 108 Å². The summed E-state index contributed by atoms with van der Waals surface area (Å²) in [7, 11) is 0. The number of carbonyl (C=O) groups is 3. The van der Waals surface area contributed by atoms with Crippen LogP contribution in [-0.4, -0.2) is 53.8 Å². The summed E-state index contributed by atoms with van der Waals surface area (Å²) in [5, 5.41) is 15.1. The van der Waals surface area contributed by atoms with E-state index in [1.165, 1.54) is 17.0 Å². The number of rotatable bonds is 7. The van der Waals surface area contributed by atoms with Crippen molar-refractivity contribution in [2.24, 2.45) is 0 Å². The van der Waals surface area contributed by atoms with E-state index in [0.29, 0.717) is 12.0 Å². The molecule has 0 aliphatic carbocycles. The van der Waals surface area contributed by atoms with Gasteiger partial charge in [-0.1, -0.05) is 11.6 Å². The van der Waals surface area contributed by atoms with Gasteiger partial charge in [0, 0.05) is 37.6 Å². The second kappa shape index (κ2) is 8.13. The van der Waals surface area contributed by atoms with Crippen LogP contribution >= 0.6 is 11.6 Å². The maximum Gasteiger partial charge on any atom is 0.410 e. The van der Waals surface area contributed by atoms with Gasteiger partial charge in [0.2, 0.25) is 6.41 Å². The molecular formula is C15H17ClFN3O5. The van der Waals surface area contributed by atoms with Gasteiger partial charge in [0.1, 0.15) is 5.82 Å². The SMILES string of the molecule is O=CNCCN1CC[C@](O)(OC(=O)NCc2cc(F)cc(Cl)c2)C1=O. The predicted molar refractivity (Wildman–Crippen MR) is 84.9 cm³/mol. The highest BCUT2D eigenvalue weighted by molar-refractivity contribution is 6.30. The van der Waals surface area contributed by atoms with E-state index in [1.807, 2.05) is 0 Å². The van der Waals surface area contributed by atoms with Crippen molar-refractivity contribution in [3.05, 3.63) is 34.6 Å². The molecule has 3 amide bonds. The molecule has 1 fully saturated rings. The monoisotopic (exact) mass is 373 g/mol. The Kier molecular flexibility index (Phi) is 6.16. The summed E-state index contributed by atoms with van der Waals surface area (Å²) in [4.78, 5) is 35.4. The first-order chi connectivity index (χ1) is 11.8. The highest BCUT2D eigenvalue weighted by Crippen LogP contribution is 2.24. The molecule has 25 heavy (non-hydrogen) atoms. The minimum absolute atomic E-state index is 0.0897. The fourth-order valence-corrected chi connectivity index (χ4v) is 2.63. The lowest BCUT2D eigenvalue weighted by Gasteiger charge is -2.22.